The highest BCUT2D eigenvalue weighted by Crippen LogP contribution is 2.36. The molecule has 0 heterocycles. The van der Waals surface area contributed by atoms with Crippen molar-refractivity contribution in [1.82, 2.24) is 0 Å². The Balaban J connectivity index is 1.67. The topological polar surface area (TPSA) is 0 Å². The first kappa shape index (κ1) is 19.5. The van der Waals surface area contributed by atoms with E-state index in [1.165, 1.54) is 43.2 Å². The summed E-state index contributed by atoms with van der Waals surface area (Å²) in [4.78, 5) is 2.71. The molecule has 0 aliphatic heterocycles. The predicted octanol–water partition coefficient (Wildman–Crippen LogP) is 7.64. The van der Waals surface area contributed by atoms with Gasteiger partial charge in [0.05, 0.1) is 0 Å². The van der Waals surface area contributed by atoms with Gasteiger partial charge in [0.1, 0.15) is 0 Å². The average Bonchev–Trinajstić information content (AvgIpc) is 2.74. The Morgan fingerprint density at radius 2 is 0.931 bits per heavy atom. The number of hydrogen-bond acceptors (Lipinski definition) is 1. The van der Waals surface area contributed by atoms with Gasteiger partial charge in [0.25, 0.3) is 0 Å². The molecule has 0 aliphatic rings. The van der Waals surface area contributed by atoms with E-state index in [0.29, 0.717) is 0 Å². The molecule has 4 aromatic carbocycles. The van der Waals surface area contributed by atoms with E-state index in [9.17, 15) is 0 Å². The van der Waals surface area contributed by atoms with Crippen LogP contribution in [-0.4, -0.2) is 0 Å². The highest BCUT2D eigenvalue weighted by Gasteiger charge is 2.11. The molecule has 0 saturated heterocycles. The monoisotopic (exact) mass is 394 g/mol. The number of hydrogen-bond donors (Lipinski definition) is 0. The Morgan fingerprint density at radius 3 is 1.34 bits per heavy atom. The fourth-order valence-corrected chi connectivity index (χ4v) is 4.82. The second-order valence-electron chi connectivity index (χ2n) is 7.65. The molecule has 0 radical (unpaired) electrons. The van der Waals surface area contributed by atoms with Crippen LogP contribution in [0.5, 0.6) is 0 Å². The standard InChI is InChI=1S/C28H26S/c1-21-13-15-25(19-23-9-5-3-6-10-23)27(17-21)29-28-18-22(2)14-16-26(28)20-24-11-7-4-8-12-24/h3-18H,19-20H2,1-2H3. The third-order valence-corrected chi connectivity index (χ3v) is 6.34. The van der Waals surface area contributed by atoms with Gasteiger partial charge in [0.2, 0.25) is 0 Å². The van der Waals surface area contributed by atoms with Crippen LogP contribution >= 0.6 is 11.8 Å². The third kappa shape index (κ3) is 5.19. The zero-order valence-corrected chi connectivity index (χ0v) is 17.9. The van der Waals surface area contributed by atoms with Crippen molar-refractivity contribution in [1.29, 1.82) is 0 Å². The minimum absolute atomic E-state index is 0.962. The van der Waals surface area contributed by atoms with Gasteiger partial charge in [-0.3, -0.25) is 0 Å². The van der Waals surface area contributed by atoms with E-state index in [1.807, 2.05) is 11.8 Å². The maximum atomic E-state index is 2.33. The first-order chi connectivity index (χ1) is 14.2. The Bertz CT molecular complexity index is 993. The van der Waals surface area contributed by atoms with Crippen LogP contribution in [-0.2, 0) is 12.8 Å². The van der Waals surface area contributed by atoms with Crippen LogP contribution in [0.3, 0.4) is 0 Å². The van der Waals surface area contributed by atoms with Gasteiger partial charge >= 0.3 is 0 Å². The Kier molecular flexibility index (Phi) is 6.17. The van der Waals surface area contributed by atoms with Crippen molar-refractivity contribution >= 4 is 11.8 Å². The van der Waals surface area contributed by atoms with E-state index in [0.717, 1.165) is 12.8 Å². The van der Waals surface area contributed by atoms with Crippen LogP contribution < -0.4 is 0 Å². The molecule has 0 atom stereocenters. The highest BCUT2D eigenvalue weighted by atomic mass is 32.2. The van der Waals surface area contributed by atoms with E-state index >= 15 is 0 Å². The van der Waals surface area contributed by atoms with Gasteiger partial charge in [-0.2, -0.15) is 0 Å². The van der Waals surface area contributed by atoms with Crippen LogP contribution in [0, 0.1) is 13.8 Å². The largest absolute Gasteiger partial charge is 0.0895 e. The van der Waals surface area contributed by atoms with Gasteiger partial charge < -0.3 is 0 Å². The molecule has 0 nitrogen and oxygen atoms in total. The Morgan fingerprint density at radius 1 is 0.517 bits per heavy atom. The third-order valence-electron chi connectivity index (χ3n) is 5.14. The lowest BCUT2D eigenvalue weighted by Crippen LogP contribution is -1.95. The molecule has 0 bridgehead atoms. The van der Waals surface area contributed by atoms with Crippen LogP contribution in [0.1, 0.15) is 33.4 Å². The maximum Gasteiger partial charge on any atom is 0.0160 e. The van der Waals surface area contributed by atoms with Gasteiger partial charge in [-0.1, -0.05) is 96.7 Å². The van der Waals surface area contributed by atoms with Crippen molar-refractivity contribution in [2.75, 3.05) is 0 Å². The van der Waals surface area contributed by atoms with Gasteiger partial charge in [-0.25, -0.2) is 0 Å². The Labute approximate surface area is 178 Å². The SMILES string of the molecule is Cc1ccc(Cc2ccccc2)c(Sc2cc(C)ccc2Cc2ccccc2)c1. The zero-order chi connectivity index (χ0) is 20.1. The van der Waals surface area contributed by atoms with E-state index in [4.69, 9.17) is 0 Å². The molecule has 144 valence electrons. The molecule has 0 saturated carbocycles. The molecule has 29 heavy (non-hydrogen) atoms. The molecular weight excluding hydrogens is 368 g/mol. The summed E-state index contributed by atoms with van der Waals surface area (Å²) in [7, 11) is 0. The lowest BCUT2D eigenvalue weighted by molar-refractivity contribution is 1.10. The van der Waals surface area contributed by atoms with Crippen molar-refractivity contribution in [2.45, 2.75) is 36.5 Å². The molecule has 4 aromatic rings. The molecular formula is C28H26S. The predicted molar refractivity (Wildman–Crippen MR) is 125 cm³/mol. The van der Waals surface area contributed by atoms with Crippen LogP contribution in [0.25, 0.3) is 0 Å². The van der Waals surface area contributed by atoms with Crippen molar-refractivity contribution in [3.8, 4) is 0 Å². The summed E-state index contributed by atoms with van der Waals surface area (Å²) in [6, 6.07) is 35.2. The van der Waals surface area contributed by atoms with E-state index in [-0.39, 0.29) is 0 Å². The lowest BCUT2D eigenvalue weighted by atomic mass is 10.0. The fraction of sp³-hybridized carbons (Fsp3) is 0.143. The van der Waals surface area contributed by atoms with Crippen molar-refractivity contribution in [3.05, 3.63) is 130 Å². The summed E-state index contributed by atoms with van der Waals surface area (Å²) in [6.07, 6.45) is 1.92. The average molecular weight is 395 g/mol. The summed E-state index contributed by atoms with van der Waals surface area (Å²) in [5.74, 6) is 0. The first-order valence-corrected chi connectivity index (χ1v) is 10.9. The summed E-state index contributed by atoms with van der Waals surface area (Å²) in [5.41, 5.74) is 8.10. The number of aryl methyl sites for hydroxylation is 2. The molecule has 0 fully saturated rings. The molecule has 4 rings (SSSR count). The summed E-state index contributed by atoms with van der Waals surface area (Å²) < 4.78 is 0. The smallest absolute Gasteiger partial charge is 0.0160 e. The fourth-order valence-electron chi connectivity index (χ4n) is 3.56. The van der Waals surface area contributed by atoms with Crippen molar-refractivity contribution < 1.29 is 0 Å². The highest BCUT2D eigenvalue weighted by molar-refractivity contribution is 7.99. The number of benzene rings is 4. The quantitative estimate of drug-likeness (QED) is 0.324. The summed E-state index contributed by atoms with van der Waals surface area (Å²) in [5, 5.41) is 0. The van der Waals surface area contributed by atoms with Gasteiger partial charge in [-0.15, -0.1) is 0 Å². The molecule has 0 N–H and O–H groups in total. The first-order valence-electron chi connectivity index (χ1n) is 10.1. The molecule has 1 heteroatoms. The minimum atomic E-state index is 0.962. The van der Waals surface area contributed by atoms with E-state index in [1.54, 1.807) is 0 Å². The summed E-state index contributed by atoms with van der Waals surface area (Å²) in [6.45, 7) is 4.36. The van der Waals surface area contributed by atoms with Crippen molar-refractivity contribution in [3.63, 3.8) is 0 Å². The van der Waals surface area contributed by atoms with E-state index in [2.05, 4.69) is 111 Å². The lowest BCUT2D eigenvalue weighted by Gasteiger charge is -2.14. The maximum absolute atomic E-state index is 2.33. The Hall–Kier alpha value is -2.77. The molecule has 0 amide bonds. The normalized spacial score (nSPS) is 10.8. The molecule has 0 spiro atoms. The van der Waals surface area contributed by atoms with Gasteiger partial charge in [0.15, 0.2) is 0 Å². The molecule has 0 aliphatic carbocycles. The van der Waals surface area contributed by atoms with Crippen molar-refractivity contribution in [2.24, 2.45) is 0 Å². The van der Waals surface area contributed by atoms with Crippen LogP contribution in [0.2, 0.25) is 0 Å². The summed E-state index contributed by atoms with van der Waals surface area (Å²) >= 11 is 1.91. The second kappa shape index (κ2) is 9.15. The van der Waals surface area contributed by atoms with Crippen LogP contribution in [0.15, 0.2) is 107 Å². The van der Waals surface area contributed by atoms with Crippen LogP contribution in [0.4, 0.5) is 0 Å². The second-order valence-corrected chi connectivity index (χ2v) is 8.73. The van der Waals surface area contributed by atoms with E-state index < -0.39 is 0 Å². The van der Waals surface area contributed by atoms with Gasteiger partial charge in [-0.05, 0) is 72.2 Å². The van der Waals surface area contributed by atoms with Gasteiger partial charge in [0, 0.05) is 9.79 Å². The molecule has 0 aromatic heterocycles. The molecule has 0 unspecified atom stereocenters. The minimum Gasteiger partial charge on any atom is -0.0895 e. The zero-order valence-electron chi connectivity index (χ0n) is 17.1. The number of rotatable bonds is 6.